The number of ether oxygens (including phenoxy) is 1. The Kier molecular flexibility index (Phi) is 4.74. The van der Waals surface area contributed by atoms with Gasteiger partial charge in [0, 0.05) is 11.6 Å². The van der Waals surface area contributed by atoms with Gasteiger partial charge in [-0.1, -0.05) is 6.92 Å². The molecule has 94 valence electrons. The monoisotopic (exact) mass is 228 g/mol. The fraction of sp³-hybridized carbons (Fsp3) is 0.917. The first-order chi connectivity index (χ1) is 7.44. The lowest BCUT2D eigenvalue weighted by Crippen LogP contribution is -2.49. The van der Waals surface area contributed by atoms with E-state index in [2.05, 4.69) is 17.6 Å². The van der Waals surface area contributed by atoms with Crippen LogP contribution >= 0.6 is 0 Å². The molecule has 2 unspecified atom stereocenters. The quantitative estimate of drug-likeness (QED) is 0.752. The zero-order valence-electron chi connectivity index (χ0n) is 10.8. The van der Waals surface area contributed by atoms with Crippen LogP contribution in [0.25, 0.3) is 0 Å². The van der Waals surface area contributed by atoms with Crippen LogP contribution in [0.15, 0.2) is 0 Å². The first-order valence-corrected chi connectivity index (χ1v) is 6.07. The van der Waals surface area contributed by atoms with Crippen LogP contribution in [0.4, 0.5) is 0 Å². The van der Waals surface area contributed by atoms with Crippen molar-refractivity contribution in [2.45, 2.75) is 45.7 Å². The molecular formula is C12H24N2O2. The van der Waals surface area contributed by atoms with Gasteiger partial charge in [0.25, 0.3) is 0 Å². The highest BCUT2D eigenvalue weighted by molar-refractivity contribution is 5.80. The highest BCUT2D eigenvalue weighted by atomic mass is 16.5. The van der Waals surface area contributed by atoms with Gasteiger partial charge in [-0.3, -0.25) is 4.79 Å². The molecule has 1 rings (SSSR count). The fourth-order valence-electron chi connectivity index (χ4n) is 1.81. The molecule has 0 saturated carbocycles. The van der Waals surface area contributed by atoms with Gasteiger partial charge in [-0.25, -0.2) is 0 Å². The van der Waals surface area contributed by atoms with E-state index >= 15 is 0 Å². The van der Waals surface area contributed by atoms with Crippen LogP contribution in [0.3, 0.4) is 0 Å². The Morgan fingerprint density at radius 1 is 1.38 bits per heavy atom. The van der Waals surface area contributed by atoms with E-state index in [1.54, 1.807) is 0 Å². The second kappa shape index (κ2) is 5.64. The first-order valence-electron chi connectivity index (χ1n) is 6.07. The normalized spacial score (nSPS) is 25.8. The summed E-state index contributed by atoms with van der Waals surface area (Å²) in [5, 5.41) is 6.37. The van der Waals surface area contributed by atoms with E-state index < -0.39 is 0 Å². The van der Waals surface area contributed by atoms with Gasteiger partial charge in [0.2, 0.25) is 5.91 Å². The third kappa shape index (κ3) is 4.10. The van der Waals surface area contributed by atoms with E-state index in [1.807, 2.05) is 20.8 Å². The fourth-order valence-corrected chi connectivity index (χ4v) is 1.81. The molecule has 0 aromatic carbocycles. The number of amides is 1. The van der Waals surface area contributed by atoms with Crippen LogP contribution in [0, 0.1) is 5.92 Å². The molecule has 1 aliphatic heterocycles. The second-order valence-corrected chi connectivity index (χ2v) is 5.44. The number of carbonyl (C=O) groups excluding carboxylic acids is 1. The lowest BCUT2D eigenvalue weighted by Gasteiger charge is -2.25. The smallest absolute Gasteiger partial charge is 0.227 e. The maximum Gasteiger partial charge on any atom is 0.227 e. The largest absolute Gasteiger partial charge is 0.379 e. The Bertz CT molecular complexity index is 236. The molecule has 1 fully saturated rings. The molecule has 0 aliphatic carbocycles. The van der Waals surface area contributed by atoms with E-state index in [-0.39, 0.29) is 23.4 Å². The zero-order chi connectivity index (χ0) is 12.2. The lowest BCUT2D eigenvalue weighted by molar-refractivity contribution is -0.126. The molecule has 0 aromatic rings. The van der Waals surface area contributed by atoms with E-state index in [0.29, 0.717) is 13.2 Å². The molecule has 0 aromatic heterocycles. The number of nitrogens with one attached hydrogen (secondary N) is 2. The molecular weight excluding hydrogens is 204 g/mol. The minimum atomic E-state index is -0.172. The van der Waals surface area contributed by atoms with E-state index in [1.165, 1.54) is 0 Å². The van der Waals surface area contributed by atoms with Crippen LogP contribution in [0.5, 0.6) is 0 Å². The summed E-state index contributed by atoms with van der Waals surface area (Å²) in [6.07, 6.45) is 1.07. The molecule has 1 heterocycles. The maximum absolute atomic E-state index is 12.0. The van der Waals surface area contributed by atoms with Gasteiger partial charge in [-0.05, 0) is 33.7 Å². The molecule has 0 radical (unpaired) electrons. The van der Waals surface area contributed by atoms with Gasteiger partial charge in [0.15, 0.2) is 0 Å². The minimum Gasteiger partial charge on any atom is -0.379 e. The van der Waals surface area contributed by atoms with Crippen LogP contribution in [-0.2, 0) is 9.53 Å². The van der Waals surface area contributed by atoms with Gasteiger partial charge in [-0.15, -0.1) is 0 Å². The van der Waals surface area contributed by atoms with E-state index in [4.69, 9.17) is 4.74 Å². The summed E-state index contributed by atoms with van der Waals surface area (Å²) < 4.78 is 5.38. The topological polar surface area (TPSA) is 50.4 Å². The SMILES string of the molecule is CCCNC1COCC1C(=O)NC(C)(C)C. The van der Waals surface area contributed by atoms with Gasteiger partial charge >= 0.3 is 0 Å². The lowest BCUT2D eigenvalue weighted by atomic mass is 10.00. The van der Waals surface area contributed by atoms with Crippen molar-refractivity contribution >= 4 is 5.91 Å². The van der Waals surface area contributed by atoms with E-state index in [9.17, 15) is 4.79 Å². The van der Waals surface area contributed by atoms with Crippen molar-refractivity contribution in [1.82, 2.24) is 10.6 Å². The van der Waals surface area contributed by atoms with Crippen molar-refractivity contribution in [2.75, 3.05) is 19.8 Å². The Hall–Kier alpha value is -0.610. The molecule has 0 spiro atoms. The summed E-state index contributed by atoms with van der Waals surface area (Å²) in [6, 6.07) is 0.169. The molecule has 2 atom stereocenters. The standard InChI is InChI=1S/C12H24N2O2/c1-5-6-13-10-8-16-7-9(10)11(15)14-12(2,3)4/h9-10,13H,5-8H2,1-4H3,(H,14,15). The molecule has 4 heteroatoms. The predicted octanol–water partition coefficient (Wildman–Crippen LogP) is 0.916. The predicted molar refractivity (Wildman–Crippen MR) is 64.3 cm³/mol. The average molecular weight is 228 g/mol. The third-order valence-electron chi connectivity index (χ3n) is 2.57. The summed E-state index contributed by atoms with van der Waals surface area (Å²) in [4.78, 5) is 12.0. The second-order valence-electron chi connectivity index (χ2n) is 5.44. The van der Waals surface area contributed by atoms with E-state index in [0.717, 1.165) is 13.0 Å². The summed E-state index contributed by atoms with van der Waals surface area (Å²) in [5.41, 5.74) is -0.172. The molecule has 1 aliphatic rings. The maximum atomic E-state index is 12.0. The summed E-state index contributed by atoms with van der Waals surface area (Å²) >= 11 is 0. The minimum absolute atomic E-state index is 0.0502. The molecule has 0 bridgehead atoms. The summed E-state index contributed by atoms with van der Waals surface area (Å²) in [6.45, 7) is 10.2. The van der Waals surface area contributed by atoms with Crippen molar-refractivity contribution in [2.24, 2.45) is 5.92 Å². The van der Waals surface area contributed by atoms with Gasteiger partial charge in [0.05, 0.1) is 19.1 Å². The number of hydrogen-bond donors (Lipinski definition) is 2. The summed E-state index contributed by atoms with van der Waals surface area (Å²) in [7, 11) is 0. The molecule has 4 nitrogen and oxygen atoms in total. The van der Waals surface area contributed by atoms with Gasteiger partial charge < -0.3 is 15.4 Å². The molecule has 1 amide bonds. The zero-order valence-corrected chi connectivity index (χ0v) is 10.8. The Balaban J connectivity index is 2.47. The van der Waals surface area contributed by atoms with Crippen molar-refractivity contribution in [3.05, 3.63) is 0 Å². The number of carbonyl (C=O) groups is 1. The summed E-state index contributed by atoms with van der Waals surface area (Å²) in [5.74, 6) is 0.0457. The van der Waals surface area contributed by atoms with Gasteiger partial charge in [-0.2, -0.15) is 0 Å². The third-order valence-corrected chi connectivity index (χ3v) is 2.57. The van der Waals surface area contributed by atoms with Crippen LogP contribution in [-0.4, -0.2) is 37.2 Å². The first kappa shape index (κ1) is 13.5. The van der Waals surface area contributed by atoms with Crippen LogP contribution in [0.1, 0.15) is 34.1 Å². The van der Waals surface area contributed by atoms with Crippen molar-refractivity contribution < 1.29 is 9.53 Å². The molecule has 1 saturated heterocycles. The Morgan fingerprint density at radius 2 is 2.06 bits per heavy atom. The average Bonchev–Trinajstić information content (AvgIpc) is 2.59. The highest BCUT2D eigenvalue weighted by Crippen LogP contribution is 2.15. The van der Waals surface area contributed by atoms with Crippen molar-refractivity contribution in [3.63, 3.8) is 0 Å². The Morgan fingerprint density at radius 3 is 2.62 bits per heavy atom. The Labute approximate surface area is 98.1 Å². The van der Waals surface area contributed by atoms with Crippen LogP contribution in [0.2, 0.25) is 0 Å². The number of hydrogen-bond acceptors (Lipinski definition) is 3. The molecule has 16 heavy (non-hydrogen) atoms. The molecule has 2 N–H and O–H groups in total. The highest BCUT2D eigenvalue weighted by Gasteiger charge is 2.34. The van der Waals surface area contributed by atoms with Crippen molar-refractivity contribution in [1.29, 1.82) is 0 Å². The number of rotatable bonds is 4. The van der Waals surface area contributed by atoms with Gasteiger partial charge in [0.1, 0.15) is 0 Å². The van der Waals surface area contributed by atoms with Crippen molar-refractivity contribution in [3.8, 4) is 0 Å². The van der Waals surface area contributed by atoms with Crippen LogP contribution < -0.4 is 10.6 Å².